The van der Waals surface area contributed by atoms with Gasteiger partial charge in [0.25, 0.3) is 7.82 Å². The molecular formula is C78H146NO8P. The normalized spacial score (nSPS) is 13.4. The number of likely N-dealkylation sites (N-methyl/N-ethyl adjacent to an activating group) is 1. The number of rotatable bonds is 71. The Labute approximate surface area is 546 Å². The van der Waals surface area contributed by atoms with Gasteiger partial charge in [0, 0.05) is 12.8 Å². The predicted molar refractivity (Wildman–Crippen MR) is 379 cm³/mol. The van der Waals surface area contributed by atoms with Crippen molar-refractivity contribution in [3.8, 4) is 0 Å². The summed E-state index contributed by atoms with van der Waals surface area (Å²) in [5.41, 5.74) is 0. The SMILES string of the molecule is CC/C=C\C/C=C\C/C=C\C/C=C\CCCCCCCCCCCCCCCCCCCCC(=O)OC(COC(=O)CCCCCCCCCCCCCCCCCCCCCCC/C=C\CCCCCCCCCC)COP(=O)([O-])OCC[N+](C)(C)C. The summed E-state index contributed by atoms with van der Waals surface area (Å²) in [7, 11) is 1.18. The van der Waals surface area contributed by atoms with E-state index in [2.05, 4.69) is 74.6 Å². The Bertz CT molecular complexity index is 1670. The molecule has 0 bridgehead atoms. The summed E-state index contributed by atoms with van der Waals surface area (Å²) < 4.78 is 34.4. The van der Waals surface area contributed by atoms with Crippen molar-refractivity contribution < 1.29 is 42.1 Å². The summed E-state index contributed by atoms with van der Waals surface area (Å²) in [6, 6.07) is 0. The van der Waals surface area contributed by atoms with Gasteiger partial charge in [-0.15, -0.1) is 0 Å². The van der Waals surface area contributed by atoms with Crippen molar-refractivity contribution in [2.24, 2.45) is 0 Å². The molecule has 9 nitrogen and oxygen atoms in total. The fraction of sp³-hybridized carbons (Fsp3) is 0.846. The van der Waals surface area contributed by atoms with Crippen LogP contribution in [0.5, 0.6) is 0 Å². The maximum absolute atomic E-state index is 12.9. The minimum Gasteiger partial charge on any atom is -0.756 e. The van der Waals surface area contributed by atoms with Crippen LogP contribution < -0.4 is 4.89 Å². The average molecular weight is 1260 g/mol. The first kappa shape index (κ1) is 85.7. The Balaban J connectivity index is 3.95. The van der Waals surface area contributed by atoms with Crippen LogP contribution >= 0.6 is 7.82 Å². The van der Waals surface area contributed by atoms with E-state index < -0.39 is 26.5 Å². The van der Waals surface area contributed by atoms with E-state index in [1.807, 2.05) is 21.1 Å². The van der Waals surface area contributed by atoms with Crippen molar-refractivity contribution in [3.63, 3.8) is 0 Å². The first-order valence-electron chi connectivity index (χ1n) is 38.0. The van der Waals surface area contributed by atoms with Crippen LogP contribution in [0.4, 0.5) is 0 Å². The highest BCUT2D eigenvalue weighted by molar-refractivity contribution is 7.45. The van der Waals surface area contributed by atoms with Gasteiger partial charge < -0.3 is 27.9 Å². The van der Waals surface area contributed by atoms with Crippen LogP contribution in [0, 0.1) is 0 Å². The van der Waals surface area contributed by atoms with E-state index in [0.29, 0.717) is 17.4 Å². The summed E-state index contributed by atoms with van der Waals surface area (Å²) in [5, 5.41) is 0. The molecule has 0 aromatic carbocycles. The van der Waals surface area contributed by atoms with Gasteiger partial charge in [-0.3, -0.25) is 14.2 Å². The molecule has 0 aliphatic heterocycles. The topological polar surface area (TPSA) is 111 Å². The molecule has 0 heterocycles. The Morgan fingerprint density at radius 1 is 0.364 bits per heavy atom. The van der Waals surface area contributed by atoms with Gasteiger partial charge in [-0.1, -0.05) is 344 Å². The molecule has 0 rings (SSSR count). The first-order chi connectivity index (χ1) is 43.0. The molecular weight excluding hydrogens is 1110 g/mol. The molecule has 0 N–H and O–H groups in total. The molecule has 0 aromatic rings. The Kier molecular flexibility index (Phi) is 67.3. The number of quaternary nitrogens is 1. The molecule has 0 radical (unpaired) electrons. The van der Waals surface area contributed by atoms with Gasteiger partial charge in [0.2, 0.25) is 0 Å². The zero-order valence-electron chi connectivity index (χ0n) is 58.9. The molecule has 0 fully saturated rings. The number of esters is 2. The number of carbonyl (C=O) groups is 2. The van der Waals surface area contributed by atoms with Gasteiger partial charge in [0.05, 0.1) is 27.7 Å². The average Bonchev–Trinajstić information content (AvgIpc) is 3.68. The molecule has 2 atom stereocenters. The van der Waals surface area contributed by atoms with E-state index in [-0.39, 0.29) is 32.0 Å². The van der Waals surface area contributed by atoms with Crippen LogP contribution in [0.15, 0.2) is 60.8 Å². The maximum atomic E-state index is 12.9. The predicted octanol–water partition coefficient (Wildman–Crippen LogP) is 24.3. The molecule has 2 unspecified atom stereocenters. The lowest BCUT2D eigenvalue weighted by atomic mass is 10.0. The van der Waals surface area contributed by atoms with Gasteiger partial charge >= 0.3 is 11.9 Å². The second kappa shape index (κ2) is 69.1. The third-order valence-corrected chi connectivity index (χ3v) is 18.0. The third kappa shape index (κ3) is 72.8. The molecule has 88 heavy (non-hydrogen) atoms. The summed E-state index contributed by atoms with van der Waals surface area (Å²) in [4.78, 5) is 38.1. The van der Waals surface area contributed by atoms with Gasteiger partial charge in [-0.2, -0.15) is 0 Å². The molecule has 0 spiro atoms. The largest absolute Gasteiger partial charge is 0.756 e. The molecule has 0 aliphatic carbocycles. The fourth-order valence-electron chi connectivity index (χ4n) is 11.2. The third-order valence-electron chi connectivity index (χ3n) is 17.0. The summed E-state index contributed by atoms with van der Waals surface area (Å²) in [5.74, 6) is -0.813. The number of nitrogens with zero attached hydrogens (tertiary/aromatic N) is 1. The van der Waals surface area contributed by atoms with Crippen LogP contribution in [0.1, 0.15) is 373 Å². The lowest BCUT2D eigenvalue weighted by molar-refractivity contribution is -0.870. The van der Waals surface area contributed by atoms with Crippen LogP contribution in [0.25, 0.3) is 0 Å². The van der Waals surface area contributed by atoms with Gasteiger partial charge in [-0.25, -0.2) is 0 Å². The Morgan fingerprint density at radius 2 is 0.648 bits per heavy atom. The number of phosphoric acid groups is 1. The van der Waals surface area contributed by atoms with E-state index in [1.54, 1.807) is 0 Å². The quantitative estimate of drug-likeness (QED) is 0.0195. The summed E-state index contributed by atoms with van der Waals surface area (Å²) in [6.45, 7) is 4.19. The standard InChI is InChI=1S/C78H146NO8P/c1-6-8-10-12-14-16-18-20-22-24-26-28-30-32-34-36-38-39-41-42-44-46-48-50-52-54-56-58-60-62-64-66-68-70-77(80)84-74-76(75-86-88(82,83)85-73-72-79(3,4)5)87-78(81)71-69-67-65-63-61-59-57-55-53-51-49-47-45-43-40-37-35-33-31-29-27-25-23-21-19-17-15-13-11-9-7-2/h9,11,15,17,21,23-24,26-27,29,76H,6-8,10,12-14,16,18-20,22,25,28,30-75H2,1-5H3/b11-9-,17-15-,23-21-,26-24-,29-27-. The van der Waals surface area contributed by atoms with E-state index >= 15 is 0 Å². The number of ether oxygens (including phenoxy) is 2. The van der Waals surface area contributed by atoms with Crippen molar-refractivity contribution >= 4 is 19.8 Å². The number of carbonyl (C=O) groups excluding carboxylic acids is 2. The van der Waals surface area contributed by atoms with Crippen LogP contribution in [0.2, 0.25) is 0 Å². The van der Waals surface area contributed by atoms with Crippen molar-refractivity contribution in [1.29, 1.82) is 0 Å². The zero-order valence-corrected chi connectivity index (χ0v) is 59.8. The van der Waals surface area contributed by atoms with Crippen LogP contribution in [0.3, 0.4) is 0 Å². The first-order valence-corrected chi connectivity index (χ1v) is 39.5. The van der Waals surface area contributed by atoms with E-state index in [0.717, 1.165) is 64.2 Å². The zero-order chi connectivity index (χ0) is 64.1. The summed E-state index contributed by atoms with van der Waals surface area (Å²) >= 11 is 0. The number of unbranched alkanes of at least 4 members (excludes halogenated alkanes) is 47. The van der Waals surface area contributed by atoms with E-state index in [1.165, 1.54) is 276 Å². The molecule has 516 valence electrons. The van der Waals surface area contributed by atoms with Gasteiger partial charge in [-0.05, 0) is 77.0 Å². The van der Waals surface area contributed by atoms with Crippen molar-refractivity contribution in [2.45, 2.75) is 380 Å². The second-order valence-corrected chi connectivity index (χ2v) is 28.4. The number of phosphoric ester groups is 1. The smallest absolute Gasteiger partial charge is 0.306 e. The van der Waals surface area contributed by atoms with Crippen LogP contribution in [-0.2, 0) is 32.7 Å². The number of hydrogen-bond donors (Lipinski definition) is 0. The van der Waals surface area contributed by atoms with E-state index in [4.69, 9.17) is 18.5 Å². The number of allylic oxidation sites excluding steroid dienone is 10. The molecule has 0 saturated carbocycles. The van der Waals surface area contributed by atoms with Gasteiger partial charge in [0.1, 0.15) is 19.8 Å². The Hall–Kier alpha value is -2.29. The maximum Gasteiger partial charge on any atom is 0.306 e. The Morgan fingerprint density at radius 3 is 0.977 bits per heavy atom. The van der Waals surface area contributed by atoms with Crippen molar-refractivity contribution in [1.82, 2.24) is 0 Å². The highest BCUT2D eigenvalue weighted by atomic mass is 31.2. The minimum absolute atomic E-state index is 0.0291. The minimum atomic E-state index is -4.64. The summed E-state index contributed by atoms with van der Waals surface area (Å²) in [6.07, 6.45) is 91.9. The van der Waals surface area contributed by atoms with E-state index in [9.17, 15) is 19.0 Å². The monoisotopic (exact) mass is 1260 g/mol. The lowest BCUT2D eigenvalue weighted by Gasteiger charge is -2.28. The molecule has 0 aliphatic rings. The molecule has 0 saturated heterocycles. The lowest BCUT2D eigenvalue weighted by Crippen LogP contribution is -2.37. The highest BCUT2D eigenvalue weighted by Crippen LogP contribution is 2.38. The van der Waals surface area contributed by atoms with Gasteiger partial charge in [0.15, 0.2) is 6.10 Å². The second-order valence-electron chi connectivity index (χ2n) is 27.0. The fourth-order valence-corrected chi connectivity index (χ4v) is 12.0. The van der Waals surface area contributed by atoms with Crippen molar-refractivity contribution in [3.05, 3.63) is 60.8 Å². The van der Waals surface area contributed by atoms with Crippen LogP contribution in [-0.4, -0.2) is 70.0 Å². The molecule has 0 aromatic heterocycles. The molecule has 10 heteroatoms. The van der Waals surface area contributed by atoms with Crippen molar-refractivity contribution in [2.75, 3.05) is 47.5 Å². The highest BCUT2D eigenvalue weighted by Gasteiger charge is 2.22. The number of hydrogen-bond acceptors (Lipinski definition) is 8. The molecule has 0 amide bonds.